The van der Waals surface area contributed by atoms with E-state index in [2.05, 4.69) is 15.5 Å². The molecule has 1 aliphatic heterocycles. The van der Waals surface area contributed by atoms with Gasteiger partial charge in [-0.3, -0.25) is 9.59 Å². The number of anilines is 1. The molecular formula is C24H31N3O3. The van der Waals surface area contributed by atoms with Crippen LogP contribution in [0.2, 0.25) is 0 Å². The molecule has 0 aliphatic carbocycles. The smallest absolute Gasteiger partial charge is 0.253 e. The van der Waals surface area contributed by atoms with E-state index in [-0.39, 0.29) is 17.9 Å². The lowest BCUT2D eigenvalue weighted by atomic mass is 10.0. The van der Waals surface area contributed by atoms with E-state index in [0.29, 0.717) is 25.1 Å². The number of hydrogen-bond acceptors (Lipinski definition) is 4. The van der Waals surface area contributed by atoms with Gasteiger partial charge in [0.25, 0.3) is 5.91 Å². The lowest BCUT2D eigenvalue weighted by Crippen LogP contribution is -2.45. The summed E-state index contributed by atoms with van der Waals surface area (Å²) < 4.78 is 5.03. The molecule has 2 amide bonds. The minimum absolute atomic E-state index is 0.0556. The highest BCUT2D eigenvalue weighted by Crippen LogP contribution is 2.24. The fourth-order valence-electron chi connectivity index (χ4n) is 3.78. The summed E-state index contributed by atoms with van der Waals surface area (Å²) in [4.78, 5) is 27.2. The van der Waals surface area contributed by atoms with Crippen LogP contribution in [0.3, 0.4) is 0 Å². The fourth-order valence-corrected chi connectivity index (χ4v) is 3.78. The number of para-hydroxylation sites is 1. The molecule has 0 aromatic heterocycles. The molecule has 1 heterocycles. The third kappa shape index (κ3) is 6.32. The maximum Gasteiger partial charge on any atom is 0.253 e. The van der Waals surface area contributed by atoms with Crippen LogP contribution in [0.1, 0.15) is 35.2 Å². The molecule has 0 radical (unpaired) electrons. The zero-order valence-electron chi connectivity index (χ0n) is 17.6. The summed E-state index contributed by atoms with van der Waals surface area (Å²) in [6.07, 6.45) is 2.93. The number of benzene rings is 2. The number of rotatable bonds is 9. The van der Waals surface area contributed by atoms with E-state index in [4.69, 9.17) is 4.74 Å². The van der Waals surface area contributed by atoms with Crippen molar-refractivity contribution in [2.75, 3.05) is 38.3 Å². The number of piperidine rings is 1. The monoisotopic (exact) mass is 409 g/mol. The summed E-state index contributed by atoms with van der Waals surface area (Å²) in [5.41, 5.74) is 2.68. The van der Waals surface area contributed by atoms with Crippen molar-refractivity contribution in [3.05, 3.63) is 65.7 Å². The molecule has 0 atom stereocenters. The second-order valence-corrected chi connectivity index (χ2v) is 7.61. The van der Waals surface area contributed by atoms with E-state index in [0.717, 1.165) is 43.6 Å². The van der Waals surface area contributed by atoms with Crippen LogP contribution in [0.5, 0.6) is 0 Å². The molecule has 160 valence electrons. The van der Waals surface area contributed by atoms with Gasteiger partial charge < -0.3 is 20.3 Å². The van der Waals surface area contributed by atoms with Crippen molar-refractivity contribution in [3.8, 4) is 0 Å². The van der Waals surface area contributed by atoms with E-state index in [9.17, 15) is 9.59 Å². The highest BCUT2D eigenvalue weighted by atomic mass is 16.5. The van der Waals surface area contributed by atoms with Crippen LogP contribution in [0.15, 0.2) is 54.6 Å². The number of carbonyl (C=O) groups is 2. The molecule has 1 aliphatic rings. The van der Waals surface area contributed by atoms with Crippen molar-refractivity contribution in [2.45, 2.75) is 31.7 Å². The Hall–Kier alpha value is -2.86. The number of nitrogens with zero attached hydrogens (tertiary/aromatic N) is 1. The van der Waals surface area contributed by atoms with Gasteiger partial charge in [0.1, 0.15) is 0 Å². The zero-order chi connectivity index (χ0) is 21.2. The summed E-state index contributed by atoms with van der Waals surface area (Å²) in [6.45, 7) is 2.84. The van der Waals surface area contributed by atoms with Gasteiger partial charge in [0.05, 0.1) is 12.0 Å². The van der Waals surface area contributed by atoms with E-state index in [1.165, 1.54) is 0 Å². The Morgan fingerprint density at radius 2 is 1.73 bits per heavy atom. The summed E-state index contributed by atoms with van der Waals surface area (Å²) in [6, 6.07) is 17.7. The van der Waals surface area contributed by atoms with E-state index < -0.39 is 0 Å². The average Bonchev–Trinajstić information content (AvgIpc) is 2.78. The van der Waals surface area contributed by atoms with Crippen LogP contribution >= 0.6 is 0 Å². The number of carbonyl (C=O) groups excluding carboxylic acids is 2. The molecule has 6 heteroatoms. The molecule has 0 unspecified atom stereocenters. The highest BCUT2D eigenvalue weighted by molar-refractivity contribution is 5.99. The lowest BCUT2D eigenvalue weighted by molar-refractivity contribution is -0.121. The largest absolute Gasteiger partial charge is 0.385 e. The summed E-state index contributed by atoms with van der Waals surface area (Å²) >= 11 is 0. The van der Waals surface area contributed by atoms with Crippen LogP contribution in [-0.2, 0) is 16.0 Å². The van der Waals surface area contributed by atoms with Crippen LogP contribution in [0.4, 0.5) is 5.69 Å². The van der Waals surface area contributed by atoms with Crippen LogP contribution < -0.4 is 15.5 Å². The number of ether oxygens (including phenoxy) is 1. The summed E-state index contributed by atoms with van der Waals surface area (Å²) in [5, 5.41) is 6.13. The van der Waals surface area contributed by atoms with Crippen molar-refractivity contribution in [2.24, 2.45) is 0 Å². The molecule has 6 nitrogen and oxygen atoms in total. The van der Waals surface area contributed by atoms with Crippen molar-refractivity contribution in [1.29, 1.82) is 0 Å². The Balaban J connectivity index is 1.51. The number of nitrogens with one attached hydrogen (secondary N) is 2. The Morgan fingerprint density at radius 1 is 1.03 bits per heavy atom. The van der Waals surface area contributed by atoms with Gasteiger partial charge in [-0.05, 0) is 37.0 Å². The molecule has 0 saturated carbocycles. The normalized spacial score (nSPS) is 14.4. The molecule has 3 rings (SSSR count). The maximum absolute atomic E-state index is 12.6. The molecular weight excluding hydrogens is 378 g/mol. The first-order valence-corrected chi connectivity index (χ1v) is 10.6. The third-order valence-electron chi connectivity index (χ3n) is 5.37. The zero-order valence-corrected chi connectivity index (χ0v) is 17.6. The predicted molar refractivity (Wildman–Crippen MR) is 119 cm³/mol. The first-order chi connectivity index (χ1) is 14.7. The van der Waals surface area contributed by atoms with Crippen molar-refractivity contribution >= 4 is 17.5 Å². The molecule has 2 aromatic carbocycles. The molecule has 1 saturated heterocycles. The molecule has 0 spiro atoms. The average molecular weight is 410 g/mol. The summed E-state index contributed by atoms with van der Waals surface area (Å²) in [5.74, 6) is 0.00970. The first kappa shape index (κ1) is 21.8. The van der Waals surface area contributed by atoms with Crippen molar-refractivity contribution in [1.82, 2.24) is 10.6 Å². The van der Waals surface area contributed by atoms with Crippen LogP contribution in [0.25, 0.3) is 0 Å². The van der Waals surface area contributed by atoms with Gasteiger partial charge in [-0.25, -0.2) is 0 Å². The fraction of sp³-hybridized carbons (Fsp3) is 0.417. The third-order valence-corrected chi connectivity index (χ3v) is 5.37. The molecule has 2 aromatic rings. The number of hydrogen-bond donors (Lipinski definition) is 2. The van der Waals surface area contributed by atoms with Crippen LogP contribution in [-0.4, -0.2) is 51.2 Å². The predicted octanol–water partition coefficient (Wildman–Crippen LogP) is 2.78. The molecule has 0 bridgehead atoms. The SMILES string of the molecule is COCCCNC(=O)c1ccccc1N1CCC(NC(=O)Cc2ccccc2)CC1. The Morgan fingerprint density at radius 3 is 2.47 bits per heavy atom. The standard InChI is InChI=1S/C24H31N3O3/c1-30-17-7-14-25-24(29)21-10-5-6-11-22(21)27-15-12-20(13-16-27)26-23(28)18-19-8-3-2-4-9-19/h2-6,8-11,20H,7,12-18H2,1H3,(H,25,29)(H,26,28). The van der Waals surface area contributed by atoms with E-state index in [1.54, 1.807) is 7.11 Å². The number of methoxy groups -OCH3 is 1. The van der Waals surface area contributed by atoms with Gasteiger partial charge in [0, 0.05) is 45.1 Å². The van der Waals surface area contributed by atoms with Gasteiger partial charge in [0.2, 0.25) is 5.91 Å². The second kappa shape index (κ2) is 11.4. The molecule has 1 fully saturated rings. The van der Waals surface area contributed by atoms with Gasteiger partial charge in [-0.15, -0.1) is 0 Å². The molecule has 30 heavy (non-hydrogen) atoms. The van der Waals surface area contributed by atoms with Gasteiger partial charge in [-0.2, -0.15) is 0 Å². The van der Waals surface area contributed by atoms with E-state index >= 15 is 0 Å². The first-order valence-electron chi connectivity index (χ1n) is 10.6. The Bertz CT molecular complexity index is 817. The summed E-state index contributed by atoms with van der Waals surface area (Å²) in [7, 11) is 1.66. The van der Waals surface area contributed by atoms with Crippen LogP contribution in [0, 0.1) is 0 Å². The van der Waals surface area contributed by atoms with Gasteiger partial charge in [-0.1, -0.05) is 42.5 Å². The van der Waals surface area contributed by atoms with E-state index in [1.807, 2.05) is 54.6 Å². The van der Waals surface area contributed by atoms with Crippen molar-refractivity contribution < 1.29 is 14.3 Å². The molecule has 2 N–H and O–H groups in total. The Labute approximate surface area is 178 Å². The lowest BCUT2D eigenvalue weighted by Gasteiger charge is -2.35. The maximum atomic E-state index is 12.6. The minimum atomic E-state index is -0.0556. The second-order valence-electron chi connectivity index (χ2n) is 7.61. The van der Waals surface area contributed by atoms with Crippen molar-refractivity contribution in [3.63, 3.8) is 0 Å². The van der Waals surface area contributed by atoms with Gasteiger partial charge in [0.15, 0.2) is 0 Å². The highest BCUT2D eigenvalue weighted by Gasteiger charge is 2.23. The number of amides is 2. The minimum Gasteiger partial charge on any atom is -0.385 e. The quantitative estimate of drug-likeness (QED) is 0.625. The topological polar surface area (TPSA) is 70.7 Å². The van der Waals surface area contributed by atoms with Gasteiger partial charge >= 0.3 is 0 Å². The Kier molecular flexibility index (Phi) is 8.27.